The Kier molecular flexibility index (Phi) is 5.88. The molecule has 0 spiro atoms. The molecule has 0 radical (unpaired) electrons. The van der Waals surface area contributed by atoms with Gasteiger partial charge in [-0.1, -0.05) is 42.5 Å². The number of aliphatic hydroxyl groups excluding tert-OH is 1. The summed E-state index contributed by atoms with van der Waals surface area (Å²) in [5.74, 6) is -0.134. The Balaban J connectivity index is 2.18. The molecule has 0 saturated heterocycles. The van der Waals surface area contributed by atoms with E-state index in [0.29, 0.717) is 6.42 Å². The fourth-order valence-electron chi connectivity index (χ4n) is 2.35. The zero-order valence-electron chi connectivity index (χ0n) is 12.5. The predicted molar refractivity (Wildman–Crippen MR) is 87.2 cm³/mol. The Bertz CT molecular complexity index is 783. The van der Waals surface area contributed by atoms with Gasteiger partial charge in [0.2, 0.25) is 10.0 Å². The first-order valence-corrected chi connectivity index (χ1v) is 8.71. The molecule has 6 heteroatoms. The van der Waals surface area contributed by atoms with E-state index in [0.717, 1.165) is 5.56 Å². The van der Waals surface area contributed by atoms with E-state index >= 15 is 0 Å². The fraction of sp³-hybridized carbons (Fsp3) is 0.235. The number of hydrogen-bond donors (Lipinski definition) is 2. The normalized spacial score (nSPS) is 12.5. The molecule has 0 aliphatic heterocycles. The van der Waals surface area contributed by atoms with Crippen LogP contribution >= 0.6 is 0 Å². The highest BCUT2D eigenvalue weighted by Crippen LogP contribution is 2.20. The molecule has 1 unspecified atom stereocenters. The van der Waals surface area contributed by atoms with Gasteiger partial charge in [-0.25, -0.2) is 13.1 Å². The highest BCUT2D eigenvalue weighted by Gasteiger charge is 2.20. The van der Waals surface area contributed by atoms with E-state index in [4.69, 9.17) is 5.26 Å². The van der Waals surface area contributed by atoms with Crippen molar-refractivity contribution in [2.75, 3.05) is 13.2 Å². The number of nitriles is 1. The van der Waals surface area contributed by atoms with E-state index in [9.17, 15) is 13.5 Å². The third-order valence-electron chi connectivity index (χ3n) is 3.57. The molecule has 5 nitrogen and oxygen atoms in total. The van der Waals surface area contributed by atoms with Crippen LogP contribution in [0.1, 0.15) is 23.5 Å². The van der Waals surface area contributed by atoms with Gasteiger partial charge in [0, 0.05) is 13.2 Å². The Hall–Kier alpha value is -2.20. The summed E-state index contributed by atoms with van der Waals surface area (Å²) in [7, 11) is -3.78. The molecule has 0 fully saturated rings. The van der Waals surface area contributed by atoms with Gasteiger partial charge in [-0.05, 0) is 30.0 Å². The van der Waals surface area contributed by atoms with Crippen molar-refractivity contribution in [3.8, 4) is 6.07 Å². The quantitative estimate of drug-likeness (QED) is 0.812. The van der Waals surface area contributed by atoms with Gasteiger partial charge < -0.3 is 5.11 Å². The highest BCUT2D eigenvalue weighted by molar-refractivity contribution is 7.89. The standard InChI is InChI=1S/C17H18N2O3S/c18-12-15-8-4-5-9-17(15)23(21,22)19-13-16(10-11-20)14-6-2-1-3-7-14/h1-9,16,19-20H,10-11,13H2. The molecule has 0 aromatic heterocycles. The molecule has 2 aromatic rings. The van der Waals surface area contributed by atoms with E-state index in [1.807, 2.05) is 36.4 Å². The van der Waals surface area contributed by atoms with E-state index < -0.39 is 10.0 Å². The molecule has 120 valence electrons. The van der Waals surface area contributed by atoms with Crippen LogP contribution in [0.4, 0.5) is 0 Å². The summed E-state index contributed by atoms with van der Waals surface area (Å²) in [6.07, 6.45) is 0.451. The summed E-state index contributed by atoms with van der Waals surface area (Å²) in [5, 5.41) is 18.3. The third kappa shape index (κ3) is 4.39. The number of benzene rings is 2. The topological polar surface area (TPSA) is 90.2 Å². The third-order valence-corrected chi connectivity index (χ3v) is 5.05. The molecule has 2 rings (SSSR count). The highest BCUT2D eigenvalue weighted by atomic mass is 32.2. The number of rotatable bonds is 7. The zero-order valence-corrected chi connectivity index (χ0v) is 13.3. The molecule has 0 saturated carbocycles. The molecule has 0 aliphatic rings. The minimum Gasteiger partial charge on any atom is -0.396 e. The van der Waals surface area contributed by atoms with Crippen LogP contribution in [-0.2, 0) is 10.0 Å². The van der Waals surface area contributed by atoms with Crippen LogP contribution in [0.2, 0.25) is 0 Å². The van der Waals surface area contributed by atoms with Crippen molar-refractivity contribution in [3.05, 3.63) is 65.7 Å². The number of sulfonamides is 1. The Labute approximate surface area is 136 Å². The first kappa shape index (κ1) is 17.2. The molecule has 2 N–H and O–H groups in total. The smallest absolute Gasteiger partial charge is 0.241 e. The summed E-state index contributed by atoms with van der Waals surface area (Å²) in [4.78, 5) is -0.0293. The van der Waals surface area contributed by atoms with Crippen LogP contribution in [0.25, 0.3) is 0 Å². The summed E-state index contributed by atoms with van der Waals surface area (Å²) in [6, 6.07) is 17.4. The molecular formula is C17H18N2O3S. The van der Waals surface area contributed by atoms with Gasteiger partial charge >= 0.3 is 0 Å². The molecule has 0 heterocycles. The number of nitrogens with zero attached hydrogens (tertiary/aromatic N) is 1. The van der Waals surface area contributed by atoms with Crippen molar-refractivity contribution >= 4 is 10.0 Å². The van der Waals surface area contributed by atoms with Crippen LogP contribution < -0.4 is 4.72 Å². The minimum absolute atomic E-state index is 0.0293. The van der Waals surface area contributed by atoms with Gasteiger partial charge in [-0.3, -0.25) is 0 Å². The van der Waals surface area contributed by atoms with Crippen LogP contribution in [0.15, 0.2) is 59.5 Å². The van der Waals surface area contributed by atoms with Gasteiger partial charge in [0.05, 0.1) is 10.5 Å². The lowest BCUT2D eigenvalue weighted by molar-refractivity contribution is 0.275. The summed E-state index contributed by atoms with van der Waals surface area (Å²) in [6.45, 7) is 0.128. The van der Waals surface area contributed by atoms with Gasteiger partial charge in [-0.15, -0.1) is 0 Å². The van der Waals surface area contributed by atoms with E-state index in [1.54, 1.807) is 12.1 Å². The average Bonchev–Trinajstić information content (AvgIpc) is 2.59. The number of hydrogen-bond acceptors (Lipinski definition) is 4. The van der Waals surface area contributed by atoms with Crippen LogP contribution in [0, 0.1) is 11.3 Å². The van der Waals surface area contributed by atoms with Crippen LogP contribution in [-0.4, -0.2) is 26.7 Å². The van der Waals surface area contributed by atoms with Gasteiger partial charge in [-0.2, -0.15) is 5.26 Å². The number of aliphatic hydroxyl groups is 1. The lowest BCUT2D eigenvalue weighted by Gasteiger charge is -2.17. The Morgan fingerprint density at radius 3 is 2.39 bits per heavy atom. The molecule has 0 bridgehead atoms. The van der Waals surface area contributed by atoms with Gasteiger partial charge in [0.1, 0.15) is 6.07 Å². The second-order valence-electron chi connectivity index (χ2n) is 5.08. The van der Waals surface area contributed by atoms with Crippen molar-refractivity contribution in [3.63, 3.8) is 0 Å². The summed E-state index contributed by atoms with van der Waals surface area (Å²) < 4.78 is 27.4. The molecule has 1 atom stereocenters. The maximum absolute atomic E-state index is 12.4. The molecule has 0 aliphatic carbocycles. The van der Waals surface area contributed by atoms with Crippen LogP contribution in [0.5, 0.6) is 0 Å². The second kappa shape index (κ2) is 7.88. The average molecular weight is 330 g/mol. The second-order valence-corrected chi connectivity index (χ2v) is 6.82. The largest absolute Gasteiger partial charge is 0.396 e. The first-order chi connectivity index (χ1) is 11.1. The van der Waals surface area contributed by atoms with E-state index in [2.05, 4.69) is 4.72 Å². The lowest BCUT2D eigenvalue weighted by atomic mass is 9.96. The molecule has 23 heavy (non-hydrogen) atoms. The van der Waals surface area contributed by atoms with Crippen molar-refractivity contribution in [1.82, 2.24) is 4.72 Å². The number of nitrogens with one attached hydrogen (secondary N) is 1. The van der Waals surface area contributed by atoms with Crippen LogP contribution in [0.3, 0.4) is 0 Å². The lowest BCUT2D eigenvalue weighted by Crippen LogP contribution is -2.29. The molecule has 0 amide bonds. The monoisotopic (exact) mass is 330 g/mol. The molecule has 2 aromatic carbocycles. The summed E-state index contributed by atoms with van der Waals surface area (Å²) >= 11 is 0. The van der Waals surface area contributed by atoms with Gasteiger partial charge in [0.15, 0.2) is 0 Å². The van der Waals surface area contributed by atoms with E-state index in [-0.39, 0.29) is 29.5 Å². The fourth-order valence-corrected chi connectivity index (χ4v) is 3.59. The summed E-state index contributed by atoms with van der Waals surface area (Å²) in [5.41, 5.74) is 1.07. The first-order valence-electron chi connectivity index (χ1n) is 7.23. The van der Waals surface area contributed by atoms with Crippen molar-refractivity contribution in [2.45, 2.75) is 17.2 Å². The maximum Gasteiger partial charge on any atom is 0.241 e. The predicted octanol–water partition coefficient (Wildman–Crippen LogP) is 2.00. The molecular weight excluding hydrogens is 312 g/mol. The SMILES string of the molecule is N#Cc1ccccc1S(=O)(=O)NCC(CCO)c1ccccc1. The Morgan fingerprint density at radius 2 is 1.74 bits per heavy atom. The van der Waals surface area contributed by atoms with E-state index in [1.165, 1.54) is 12.1 Å². The van der Waals surface area contributed by atoms with Crippen molar-refractivity contribution in [2.24, 2.45) is 0 Å². The maximum atomic E-state index is 12.4. The van der Waals surface area contributed by atoms with Gasteiger partial charge in [0.25, 0.3) is 0 Å². The Morgan fingerprint density at radius 1 is 1.09 bits per heavy atom. The minimum atomic E-state index is -3.78. The van der Waals surface area contributed by atoms with Crippen molar-refractivity contribution in [1.29, 1.82) is 5.26 Å². The van der Waals surface area contributed by atoms with Crippen molar-refractivity contribution < 1.29 is 13.5 Å². The zero-order chi connectivity index (χ0) is 16.7.